The molecule has 0 saturated heterocycles. The quantitative estimate of drug-likeness (QED) is 0.922. The van der Waals surface area contributed by atoms with E-state index in [-0.39, 0.29) is 4.90 Å². The highest BCUT2D eigenvalue weighted by molar-refractivity contribution is 9.10. The molecule has 1 N–H and O–H groups in total. The predicted molar refractivity (Wildman–Crippen MR) is 80.9 cm³/mol. The van der Waals surface area contributed by atoms with Gasteiger partial charge in [-0.15, -0.1) is 0 Å². The summed E-state index contributed by atoms with van der Waals surface area (Å²) in [5, 5.41) is 0. The van der Waals surface area contributed by atoms with E-state index in [9.17, 15) is 8.42 Å². The topological polar surface area (TPSA) is 46.2 Å². The Hall–Kier alpha value is -1.33. The molecular formula is C14H14BrNO2S. The van der Waals surface area contributed by atoms with Crippen LogP contribution in [0.4, 0.5) is 5.69 Å². The molecule has 0 aromatic heterocycles. The van der Waals surface area contributed by atoms with Crippen LogP contribution in [0, 0.1) is 13.8 Å². The molecule has 0 fully saturated rings. The molecule has 0 aliphatic carbocycles. The van der Waals surface area contributed by atoms with Gasteiger partial charge in [0, 0.05) is 10.2 Å². The Balaban J connectivity index is 2.32. The highest BCUT2D eigenvalue weighted by Crippen LogP contribution is 2.22. The first-order valence-corrected chi connectivity index (χ1v) is 8.02. The molecule has 0 saturated carbocycles. The molecule has 0 unspecified atom stereocenters. The maximum absolute atomic E-state index is 12.2. The van der Waals surface area contributed by atoms with Crippen molar-refractivity contribution in [1.29, 1.82) is 0 Å². The molecule has 0 aliphatic rings. The molecule has 0 atom stereocenters. The van der Waals surface area contributed by atoms with Crippen LogP contribution < -0.4 is 4.72 Å². The maximum Gasteiger partial charge on any atom is 0.261 e. The normalized spacial score (nSPS) is 11.3. The lowest BCUT2D eigenvalue weighted by atomic mass is 10.2. The third-order valence-electron chi connectivity index (χ3n) is 2.74. The fraction of sp³-hybridized carbons (Fsp3) is 0.143. The molecule has 0 aliphatic heterocycles. The van der Waals surface area contributed by atoms with Crippen LogP contribution in [0.1, 0.15) is 11.1 Å². The number of anilines is 1. The zero-order valence-electron chi connectivity index (χ0n) is 10.6. The van der Waals surface area contributed by atoms with E-state index in [2.05, 4.69) is 20.7 Å². The van der Waals surface area contributed by atoms with E-state index in [1.54, 1.807) is 30.3 Å². The van der Waals surface area contributed by atoms with Crippen LogP contribution in [0.5, 0.6) is 0 Å². The van der Waals surface area contributed by atoms with E-state index in [1.165, 1.54) is 0 Å². The summed E-state index contributed by atoms with van der Waals surface area (Å²) in [7, 11) is -3.54. The Labute approximate surface area is 121 Å². The zero-order valence-corrected chi connectivity index (χ0v) is 13.0. The van der Waals surface area contributed by atoms with Gasteiger partial charge < -0.3 is 0 Å². The standard InChI is InChI=1S/C14H14BrNO2S/c1-10-3-5-12(6-4-10)16-19(17,18)13-7-8-14(15)11(2)9-13/h3-9,16H,1-2H3. The number of benzene rings is 2. The molecule has 0 radical (unpaired) electrons. The lowest BCUT2D eigenvalue weighted by Gasteiger charge is -2.09. The zero-order chi connectivity index (χ0) is 14.0. The summed E-state index contributed by atoms with van der Waals surface area (Å²) in [6.45, 7) is 3.81. The summed E-state index contributed by atoms with van der Waals surface area (Å²) in [6, 6.07) is 12.2. The van der Waals surface area contributed by atoms with Crippen LogP contribution in [-0.2, 0) is 10.0 Å². The second-order valence-corrected chi connectivity index (χ2v) is 6.92. The molecule has 0 amide bonds. The van der Waals surface area contributed by atoms with Crippen molar-refractivity contribution < 1.29 is 8.42 Å². The van der Waals surface area contributed by atoms with Crippen LogP contribution >= 0.6 is 15.9 Å². The first-order valence-electron chi connectivity index (χ1n) is 5.74. The van der Waals surface area contributed by atoms with Crippen LogP contribution in [0.25, 0.3) is 0 Å². The van der Waals surface area contributed by atoms with Crippen molar-refractivity contribution in [1.82, 2.24) is 0 Å². The van der Waals surface area contributed by atoms with Gasteiger partial charge in [0.25, 0.3) is 10.0 Å². The lowest BCUT2D eigenvalue weighted by Crippen LogP contribution is -2.13. The summed E-state index contributed by atoms with van der Waals surface area (Å²) in [5.74, 6) is 0. The largest absolute Gasteiger partial charge is 0.280 e. The molecule has 0 bridgehead atoms. The third-order valence-corrected chi connectivity index (χ3v) is 5.01. The minimum atomic E-state index is -3.54. The Morgan fingerprint density at radius 1 is 1.00 bits per heavy atom. The minimum Gasteiger partial charge on any atom is -0.280 e. The molecule has 2 aromatic rings. The smallest absolute Gasteiger partial charge is 0.261 e. The number of hydrogen-bond donors (Lipinski definition) is 1. The Kier molecular flexibility index (Phi) is 3.96. The number of sulfonamides is 1. The number of nitrogens with one attached hydrogen (secondary N) is 1. The molecule has 3 nitrogen and oxygen atoms in total. The van der Waals surface area contributed by atoms with Gasteiger partial charge in [-0.3, -0.25) is 4.72 Å². The summed E-state index contributed by atoms with van der Waals surface area (Å²) in [4.78, 5) is 0.258. The van der Waals surface area contributed by atoms with E-state index < -0.39 is 10.0 Å². The fourth-order valence-corrected chi connectivity index (χ4v) is 3.01. The van der Waals surface area contributed by atoms with Crippen molar-refractivity contribution >= 4 is 31.6 Å². The average Bonchev–Trinajstić information content (AvgIpc) is 2.35. The second kappa shape index (κ2) is 5.35. The lowest BCUT2D eigenvalue weighted by molar-refractivity contribution is 0.601. The SMILES string of the molecule is Cc1ccc(NS(=O)(=O)c2ccc(Br)c(C)c2)cc1. The van der Waals surface area contributed by atoms with Crippen LogP contribution in [0.2, 0.25) is 0 Å². The number of rotatable bonds is 3. The van der Waals surface area contributed by atoms with Gasteiger partial charge in [-0.1, -0.05) is 33.6 Å². The molecule has 2 rings (SSSR count). The summed E-state index contributed by atoms with van der Waals surface area (Å²) in [5.41, 5.74) is 2.53. The van der Waals surface area contributed by atoms with Gasteiger partial charge in [0.15, 0.2) is 0 Å². The van der Waals surface area contributed by atoms with E-state index in [0.717, 1.165) is 15.6 Å². The molecule has 0 heterocycles. The second-order valence-electron chi connectivity index (χ2n) is 4.38. The van der Waals surface area contributed by atoms with Crippen molar-refractivity contribution in [3.05, 3.63) is 58.1 Å². The van der Waals surface area contributed by atoms with Crippen LogP contribution in [0.3, 0.4) is 0 Å². The van der Waals surface area contributed by atoms with Crippen molar-refractivity contribution in [3.8, 4) is 0 Å². The third kappa shape index (κ3) is 3.36. The molecule has 0 spiro atoms. The molecule has 19 heavy (non-hydrogen) atoms. The number of aryl methyl sites for hydroxylation is 2. The van der Waals surface area contributed by atoms with Gasteiger partial charge in [0.05, 0.1) is 4.90 Å². The molecular weight excluding hydrogens is 326 g/mol. The molecule has 100 valence electrons. The highest BCUT2D eigenvalue weighted by atomic mass is 79.9. The average molecular weight is 340 g/mol. The van der Waals surface area contributed by atoms with Gasteiger partial charge in [0.1, 0.15) is 0 Å². The summed E-state index contributed by atoms with van der Waals surface area (Å²) >= 11 is 3.36. The van der Waals surface area contributed by atoms with Crippen molar-refractivity contribution in [2.45, 2.75) is 18.7 Å². The van der Waals surface area contributed by atoms with Gasteiger partial charge >= 0.3 is 0 Å². The van der Waals surface area contributed by atoms with Gasteiger partial charge in [-0.2, -0.15) is 0 Å². The van der Waals surface area contributed by atoms with Gasteiger partial charge in [0.2, 0.25) is 0 Å². The fourth-order valence-electron chi connectivity index (χ4n) is 1.62. The van der Waals surface area contributed by atoms with Crippen molar-refractivity contribution in [2.75, 3.05) is 4.72 Å². The van der Waals surface area contributed by atoms with Gasteiger partial charge in [-0.05, 0) is 49.7 Å². The van der Waals surface area contributed by atoms with E-state index in [1.807, 2.05) is 26.0 Å². The monoisotopic (exact) mass is 339 g/mol. The number of hydrogen-bond acceptors (Lipinski definition) is 2. The highest BCUT2D eigenvalue weighted by Gasteiger charge is 2.14. The first kappa shape index (κ1) is 14.1. The molecule has 2 aromatic carbocycles. The van der Waals surface area contributed by atoms with Crippen LogP contribution in [-0.4, -0.2) is 8.42 Å². The minimum absolute atomic E-state index is 0.258. The summed E-state index contributed by atoms with van der Waals surface area (Å²) < 4.78 is 27.9. The Bertz CT molecular complexity index is 694. The van der Waals surface area contributed by atoms with Crippen molar-refractivity contribution in [2.24, 2.45) is 0 Å². The van der Waals surface area contributed by atoms with E-state index >= 15 is 0 Å². The molecule has 5 heteroatoms. The van der Waals surface area contributed by atoms with Crippen LogP contribution in [0.15, 0.2) is 51.8 Å². The van der Waals surface area contributed by atoms with Crippen molar-refractivity contribution in [3.63, 3.8) is 0 Å². The summed E-state index contributed by atoms with van der Waals surface area (Å²) in [6.07, 6.45) is 0. The first-order chi connectivity index (χ1) is 8.88. The van der Waals surface area contributed by atoms with E-state index in [0.29, 0.717) is 5.69 Å². The van der Waals surface area contributed by atoms with Gasteiger partial charge in [-0.25, -0.2) is 8.42 Å². The Morgan fingerprint density at radius 2 is 1.63 bits per heavy atom. The number of halogens is 1. The predicted octanol–water partition coefficient (Wildman–Crippen LogP) is 3.87. The Morgan fingerprint density at radius 3 is 2.21 bits per heavy atom. The maximum atomic E-state index is 12.2. The van der Waals surface area contributed by atoms with E-state index in [4.69, 9.17) is 0 Å².